The molecule has 0 spiro atoms. The molecule has 57 heavy (non-hydrogen) atoms. The van der Waals surface area contributed by atoms with Gasteiger partial charge in [-0.25, -0.2) is 0 Å². The monoisotopic (exact) mass is 802 g/mol. The van der Waals surface area contributed by atoms with Crippen LogP contribution in [0.4, 0.5) is 0 Å². The van der Waals surface area contributed by atoms with Crippen molar-refractivity contribution >= 4 is 46.7 Å². The number of aryl methyl sites for hydroxylation is 1. The maximum atomic E-state index is 14.4. The van der Waals surface area contributed by atoms with E-state index in [-0.39, 0.29) is 80.8 Å². The third kappa shape index (κ3) is 12.3. The van der Waals surface area contributed by atoms with Gasteiger partial charge < -0.3 is 31.1 Å². The number of phenolic OH excluding ortho intramolecular Hbond substituents is 1. The van der Waals surface area contributed by atoms with Gasteiger partial charge in [-0.1, -0.05) is 75.5 Å². The average molecular weight is 803 g/mol. The number of thioether (sulfide) groups is 1. The lowest BCUT2D eigenvalue weighted by atomic mass is 9.83. The first-order valence-corrected chi connectivity index (χ1v) is 19.8. The summed E-state index contributed by atoms with van der Waals surface area (Å²) in [6.45, 7) is 12.7. The van der Waals surface area contributed by atoms with Crippen molar-refractivity contribution in [2.75, 3.05) is 12.3 Å². The Balaban J connectivity index is 2.17. The number of aromatic hydroxyl groups is 1. The van der Waals surface area contributed by atoms with Crippen molar-refractivity contribution in [2.45, 2.75) is 86.5 Å². The molecule has 6 atom stereocenters. The molecule has 0 aromatic heterocycles. The highest BCUT2D eigenvalue weighted by atomic mass is 32.2. The molecule has 0 saturated heterocycles. The molecular formula is C44H54N2O10S. The molecule has 1 aromatic carbocycles. The molecule has 13 heteroatoms. The zero-order valence-electron chi connectivity index (χ0n) is 33.7. The number of allylic oxidation sites excluding steroid dienone is 8. The maximum absolute atomic E-state index is 14.4. The summed E-state index contributed by atoms with van der Waals surface area (Å²) >= 11 is 0.906. The highest BCUT2D eigenvalue weighted by Gasteiger charge is 2.39. The first kappa shape index (κ1) is 46.4. The molecular weight excluding hydrogens is 749 g/mol. The number of Topliss-reactive ketones (excluding diaryl/α,β-unsaturated/α-hetero) is 4. The van der Waals surface area contributed by atoms with Gasteiger partial charge in [0.15, 0.2) is 11.6 Å². The van der Waals surface area contributed by atoms with Crippen LogP contribution in [0.3, 0.4) is 0 Å². The van der Waals surface area contributed by atoms with Crippen LogP contribution in [0, 0.1) is 24.7 Å². The molecule has 2 heterocycles. The van der Waals surface area contributed by atoms with Crippen LogP contribution in [0.5, 0.6) is 5.75 Å². The second kappa shape index (κ2) is 21.0. The lowest BCUT2D eigenvalue weighted by molar-refractivity contribution is -0.119. The highest BCUT2D eigenvalue weighted by Crippen LogP contribution is 2.39. The van der Waals surface area contributed by atoms with E-state index in [9.17, 15) is 49.2 Å². The van der Waals surface area contributed by atoms with E-state index in [2.05, 4.69) is 10.6 Å². The molecule has 0 radical (unpaired) electrons. The second-order valence-corrected chi connectivity index (χ2v) is 15.7. The number of carbonyl (C=O) groups is 6. The first-order chi connectivity index (χ1) is 26.8. The van der Waals surface area contributed by atoms with Gasteiger partial charge in [-0.05, 0) is 56.9 Å². The van der Waals surface area contributed by atoms with Gasteiger partial charge in [0.2, 0.25) is 17.5 Å². The van der Waals surface area contributed by atoms with Crippen LogP contribution >= 0.6 is 11.8 Å². The molecule has 4 bridgehead atoms. The van der Waals surface area contributed by atoms with Crippen molar-refractivity contribution in [1.82, 2.24) is 10.6 Å². The molecule has 6 N–H and O–H groups in total. The van der Waals surface area contributed by atoms with Crippen LogP contribution in [0.2, 0.25) is 0 Å². The number of ketones is 4. The molecule has 1 aromatic rings. The van der Waals surface area contributed by atoms with Crippen LogP contribution in [-0.4, -0.2) is 86.0 Å². The highest BCUT2D eigenvalue weighted by molar-refractivity contribution is 8.04. The summed E-state index contributed by atoms with van der Waals surface area (Å²) in [5.41, 5.74) is -0.410. The fourth-order valence-corrected chi connectivity index (χ4v) is 7.08. The minimum atomic E-state index is -1.03. The van der Waals surface area contributed by atoms with Crippen molar-refractivity contribution in [3.63, 3.8) is 0 Å². The van der Waals surface area contributed by atoms with E-state index in [1.165, 1.54) is 52.0 Å². The van der Waals surface area contributed by atoms with Crippen LogP contribution in [0.15, 0.2) is 88.1 Å². The predicted octanol–water partition coefficient (Wildman–Crippen LogP) is 5.32. The summed E-state index contributed by atoms with van der Waals surface area (Å²) in [4.78, 5) is 80.3. The Morgan fingerprint density at radius 3 is 2.18 bits per heavy atom. The molecule has 2 aliphatic heterocycles. The normalized spacial score (nSPS) is 29.4. The Morgan fingerprint density at radius 2 is 1.51 bits per heavy atom. The van der Waals surface area contributed by atoms with Gasteiger partial charge in [-0.15, -0.1) is 11.8 Å². The van der Waals surface area contributed by atoms with E-state index in [1.54, 1.807) is 64.2 Å². The number of phenols is 1. The van der Waals surface area contributed by atoms with Gasteiger partial charge in [-0.3, -0.25) is 28.8 Å². The quantitative estimate of drug-likeness (QED) is 0.170. The number of aliphatic hydroxyl groups is 3. The molecule has 12 nitrogen and oxygen atoms in total. The van der Waals surface area contributed by atoms with Crippen LogP contribution in [0.25, 0.3) is 0 Å². The second-order valence-electron chi connectivity index (χ2n) is 14.6. The van der Waals surface area contributed by atoms with Crippen LogP contribution < -0.4 is 10.6 Å². The minimum Gasteiger partial charge on any atom is -0.507 e. The number of hydrogen-bond acceptors (Lipinski definition) is 11. The number of nitrogens with one attached hydrogen (secondary N) is 2. The van der Waals surface area contributed by atoms with Gasteiger partial charge in [0, 0.05) is 60.1 Å². The van der Waals surface area contributed by atoms with Gasteiger partial charge in [0.25, 0.3) is 5.91 Å². The van der Waals surface area contributed by atoms with Crippen LogP contribution in [0.1, 0.15) is 97.9 Å². The van der Waals surface area contributed by atoms with E-state index in [0.717, 1.165) is 11.8 Å². The number of rotatable bonds is 4. The Hall–Kier alpha value is -4.95. The summed E-state index contributed by atoms with van der Waals surface area (Å²) in [5.74, 6) is -5.43. The lowest BCUT2D eigenvalue weighted by Crippen LogP contribution is -2.35. The van der Waals surface area contributed by atoms with Crippen molar-refractivity contribution in [1.29, 1.82) is 0 Å². The SMILES string of the molecule is CC(=O)NCCSC1=C2NC(=O)\C(C)=C/C=C\C=C\[C@H](C)[C@@H](O)CC(=O)/C(C)=C/C[C@H](O)/C=C/[C@H](C)[C@H](O)[C@@H](C)/C=C(\C)C(=O)c3c(O)c(C)cc(c3C1=O)C2=O. The van der Waals surface area contributed by atoms with E-state index >= 15 is 0 Å². The Morgan fingerprint density at radius 1 is 0.825 bits per heavy atom. The third-order valence-electron chi connectivity index (χ3n) is 9.84. The Labute approximate surface area is 338 Å². The number of amides is 2. The largest absolute Gasteiger partial charge is 0.507 e. The molecule has 1 aliphatic carbocycles. The van der Waals surface area contributed by atoms with E-state index in [4.69, 9.17) is 0 Å². The van der Waals surface area contributed by atoms with Crippen molar-refractivity contribution in [3.05, 3.63) is 110 Å². The van der Waals surface area contributed by atoms with Crippen molar-refractivity contribution in [3.8, 4) is 5.75 Å². The van der Waals surface area contributed by atoms with E-state index in [1.807, 2.05) is 0 Å². The Kier molecular flexibility index (Phi) is 17.1. The number of hydrogen-bond donors (Lipinski definition) is 6. The summed E-state index contributed by atoms with van der Waals surface area (Å²) in [5, 5.41) is 48.9. The molecule has 306 valence electrons. The zero-order chi connectivity index (χ0) is 42.7. The van der Waals surface area contributed by atoms with Gasteiger partial charge >= 0.3 is 0 Å². The molecule has 4 rings (SSSR count). The maximum Gasteiger partial charge on any atom is 0.251 e. The molecule has 0 saturated carbocycles. The summed E-state index contributed by atoms with van der Waals surface area (Å²) < 4.78 is 0. The Bertz CT molecular complexity index is 2000. The van der Waals surface area contributed by atoms with Crippen molar-refractivity contribution in [2.24, 2.45) is 17.8 Å². The van der Waals surface area contributed by atoms with E-state index < -0.39 is 65.1 Å². The van der Waals surface area contributed by atoms with Gasteiger partial charge in [0.05, 0.1) is 28.8 Å². The predicted molar refractivity (Wildman–Crippen MR) is 221 cm³/mol. The fraction of sp³-hybridized carbons (Fsp3) is 0.409. The average Bonchev–Trinajstić information content (AvgIpc) is 3.16. The standard InChI is InChI=1S/C44H54N2O10S/c1-23-12-10-9-11-13-26(4)44(56)46-37-41(54)32-21-29(7)40(53)36(35(32)42(55)43(37)57-19-18-45-30(8)47)39(52)28(6)20-27(5)38(51)25(3)15-17-31(48)16-14-24(2)34(50)22-33(23)49/h9-15,17,20-21,23,25,27,31,33,38,48-49,51,53H,16,18-19,22H2,1-8H3,(H,45,47)(H,46,56)/b11-9-,12-10+,17-15+,24-14+,26-13-,28-20+/t23-,25-,27-,31-,33-,38-/m0/s1. The fourth-order valence-electron chi connectivity index (χ4n) is 6.15. The number of aliphatic hydroxyl groups excluding tert-OH is 3. The molecule has 0 fully saturated rings. The smallest absolute Gasteiger partial charge is 0.251 e. The molecule has 3 aliphatic rings. The van der Waals surface area contributed by atoms with E-state index in [0.29, 0.717) is 5.57 Å². The van der Waals surface area contributed by atoms with Gasteiger partial charge in [-0.2, -0.15) is 0 Å². The zero-order valence-corrected chi connectivity index (χ0v) is 34.5. The number of fused-ring (bicyclic) bond motifs is 18. The summed E-state index contributed by atoms with van der Waals surface area (Å²) in [6.07, 6.45) is 11.3. The molecule has 2 amide bonds. The van der Waals surface area contributed by atoms with Crippen molar-refractivity contribution < 1.29 is 49.2 Å². The summed E-state index contributed by atoms with van der Waals surface area (Å²) in [6, 6.07) is 1.30. The minimum absolute atomic E-state index is 0.0847. The topological polar surface area (TPSA) is 207 Å². The summed E-state index contributed by atoms with van der Waals surface area (Å²) in [7, 11) is 0. The first-order valence-electron chi connectivity index (χ1n) is 18.8. The molecule has 0 unspecified atom stereocenters. The lowest BCUT2D eigenvalue weighted by Gasteiger charge is -2.25. The number of carbonyl (C=O) groups excluding carboxylic acids is 6. The number of benzene rings is 1. The third-order valence-corrected chi connectivity index (χ3v) is 10.9. The van der Waals surface area contributed by atoms with Gasteiger partial charge in [0.1, 0.15) is 11.4 Å². The van der Waals surface area contributed by atoms with Crippen LogP contribution in [-0.2, 0) is 14.4 Å².